The van der Waals surface area contributed by atoms with Crippen molar-refractivity contribution in [2.24, 2.45) is 17.3 Å². The van der Waals surface area contributed by atoms with Crippen molar-refractivity contribution in [2.75, 3.05) is 13.7 Å². The summed E-state index contributed by atoms with van der Waals surface area (Å²) >= 11 is 0. The molecule has 110 valence electrons. The number of ether oxygens (including phenoxy) is 1. The molecule has 19 heavy (non-hydrogen) atoms. The van der Waals surface area contributed by atoms with Crippen LogP contribution >= 0.6 is 0 Å². The van der Waals surface area contributed by atoms with Crippen LogP contribution < -0.4 is 0 Å². The maximum atomic E-state index is 10.3. The summed E-state index contributed by atoms with van der Waals surface area (Å²) in [5.41, 5.74) is 0.800. The third kappa shape index (κ3) is 2.48. The van der Waals surface area contributed by atoms with Crippen molar-refractivity contribution in [1.29, 1.82) is 0 Å². The van der Waals surface area contributed by atoms with Crippen LogP contribution in [0.2, 0.25) is 0 Å². The minimum atomic E-state index is -0.471. The molecule has 0 aromatic carbocycles. The number of aliphatic hydroxyl groups excluding tert-OH is 2. The Hall–Kier alpha value is -0.380. The number of allylic oxidation sites excluding steroid dienone is 1. The van der Waals surface area contributed by atoms with Crippen molar-refractivity contribution >= 4 is 0 Å². The number of hydrogen-bond acceptors (Lipinski definition) is 3. The highest BCUT2D eigenvalue weighted by molar-refractivity contribution is 5.15. The molecule has 5 atom stereocenters. The molecule has 2 saturated carbocycles. The maximum absolute atomic E-state index is 10.3. The molecular weight excluding hydrogens is 240 g/mol. The molecule has 3 nitrogen and oxygen atoms in total. The Morgan fingerprint density at radius 1 is 1.37 bits per heavy atom. The molecule has 2 aliphatic carbocycles. The van der Waals surface area contributed by atoms with Gasteiger partial charge in [-0.3, -0.25) is 0 Å². The minimum Gasteiger partial charge on any atom is -0.396 e. The first kappa shape index (κ1) is 15.0. The van der Waals surface area contributed by atoms with Crippen LogP contribution in [-0.4, -0.2) is 35.6 Å². The van der Waals surface area contributed by atoms with E-state index in [0.29, 0.717) is 11.8 Å². The van der Waals surface area contributed by atoms with Gasteiger partial charge in [0.1, 0.15) is 0 Å². The number of methoxy groups -OCH3 is 1. The minimum absolute atomic E-state index is 0.0253. The Balaban J connectivity index is 2.18. The summed E-state index contributed by atoms with van der Waals surface area (Å²) in [6.45, 7) is 8.62. The molecule has 0 aliphatic heterocycles. The highest BCUT2D eigenvalue weighted by Gasteiger charge is 2.52. The monoisotopic (exact) mass is 268 g/mol. The molecule has 0 saturated heterocycles. The molecule has 0 spiro atoms. The Bertz CT molecular complexity index is 354. The molecule has 2 rings (SSSR count). The van der Waals surface area contributed by atoms with Gasteiger partial charge in [0.05, 0.1) is 11.7 Å². The van der Waals surface area contributed by atoms with E-state index in [1.165, 1.54) is 5.57 Å². The highest BCUT2D eigenvalue weighted by Crippen LogP contribution is 2.57. The van der Waals surface area contributed by atoms with Gasteiger partial charge in [-0.1, -0.05) is 19.1 Å². The van der Waals surface area contributed by atoms with Crippen molar-refractivity contribution < 1.29 is 14.9 Å². The van der Waals surface area contributed by atoms with E-state index in [2.05, 4.69) is 13.5 Å². The highest BCUT2D eigenvalue weighted by atomic mass is 16.5. The average molecular weight is 268 g/mol. The van der Waals surface area contributed by atoms with Crippen LogP contribution in [0.25, 0.3) is 0 Å². The molecule has 3 heteroatoms. The molecule has 0 heterocycles. The predicted molar refractivity (Wildman–Crippen MR) is 75.8 cm³/mol. The van der Waals surface area contributed by atoms with Crippen molar-refractivity contribution in [3.8, 4) is 0 Å². The van der Waals surface area contributed by atoms with Crippen molar-refractivity contribution in [3.63, 3.8) is 0 Å². The van der Waals surface area contributed by atoms with E-state index in [1.807, 2.05) is 6.92 Å². The summed E-state index contributed by atoms with van der Waals surface area (Å²) in [7, 11) is 1.68. The van der Waals surface area contributed by atoms with Gasteiger partial charge >= 0.3 is 0 Å². The van der Waals surface area contributed by atoms with Crippen molar-refractivity contribution in [2.45, 2.75) is 57.7 Å². The largest absolute Gasteiger partial charge is 0.396 e. The molecule has 0 unspecified atom stereocenters. The van der Waals surface area contributed by atoms with E-state index in [4.69, 9.17) is 4.74 Å². The zero-order valence-electron chi connectivity index (χ0n) is 12.5. The zero-order chi connectivity index (χ0) is 14.3. The second-order valence-corrected chi connectivity index (χ2v) is 7.00. The van der Waals surface area contributed by atoms with Gasteiger partial charge in [0, 0.05) is 13.7 Å². The number of hydrogen-bond donors (Lipinski definition) is 2. The van der Waals surface area contributed by atoms with Crippen LogP contribution in [-0.2, 0) is 4.74 Å². The second kappa shape index (κ2) is 5.19. The first-order valence-electron chi connectivity index (χ1n) is 7.38. The predicted octanol–water partition coefficient (Wildman–Crippen LogP) is 2.52. The molecule has 0 aromatic rings. The summed E-state index contributed by atoms with van der Waals surface area (Å²) in [6, 6.07) is 0. The molecule has 2 aliphatic rings. The standard InChI is InChI=1S/C16H28O3/c1-11-5-6-14(18)16(3,19-4)8-7-13-12(11)9-15(13,2)10-17/h12-14,17-18H,1,5-10H2,2-4H3/t12-,13-,14+,15+,16-/m1/s1. The summed E-state index contributed by atoms with van der Waals surface area (Å²) < 4.78 is 5.58. The van der Waals surface area contributed by atoms with Gasteiger partial charge in [-0.25, -0.2) is 0 Å². The summed E-state index contributed by atoms with van der Waals surface area (Å²) in [5.74, 6) is 0.994. The van der Waals surface area contributed by atoms with E-state index >= 15 is 0 Å². The number of rotatable bonds is 2. The van der Waals surface area contributed by atoms with Crippen LogP contribution in [0.5, 0.6) is 0 Å². The van der Waals surface area contributed by atoms with Gasteiger partial charge in [-0.2, -0.15) is 0 Å². The third-order valence-corrected chi connectivity index (χ3v) is 5.81. The number of fused-ring (bicyclic) bond motifs is 1. The Labute approximate surface area is 116 Å². The lowest BCUT2D eigenvalue weighted by molar-refractivity contribution is -0.110. The summed E-state index contributed by atoms with van der Waals surface area (Å²) in [5, 5.41) is 20.0. The van der Waals surface area contributed by atoms with Crippen LogP contribution in [0.15, 0.2) is 12.2 Å². The van der Waals surface area contributed by atoms with E-state index in [-0.39, 0.29) is 12.0 Å². The molecule has 2 fully saturated rings. The molecule has 0 aromatic heterocycles. The molecule has 2 N–H and O–H groups in total. The van der Waals surface area contributed by atoms with Crippen LogP contribution in [0.1, 0.15) is 46.0 Å². The van der Waals surface area contributed by atoms with E-state index in [9.17, 15) is 10.2 Å². The van der Waals surface area contributed by atoms with Crippen molar-refractivity contribution in [1.82, 2.24) is 0 Å². The lowest BCUT2D eigenvalue weighted by Gasteiger charge is -2.54. The van der Waals surface area contributed by atoms with Crippen molar-refractivity contribution in [3.05, 3.63) is 12.2 Å². The molecule has 0 radical (unpaired) electrons. The Morgan fingerprint density at radius 3 is 2.63 bits per heavy atom. The topological polar surface area (TPSA) is 49.7 Å². The smallest absolute Gasteiger partial charge is 0.0908 e. The van der Waals surface area contributed by atoms with Gasteiger partial charge in [0.2, 0.25) is 0 Å². The third-order valence-electron chi connectivity index (χ3n) is 5.81. The quantitative estimate of drug-likeness (QED) is 0.757. The Kier molecular flexibility index (Phi) is 4.10. The first-order chi connectivity index (χ1) is 8.86. The zero-order valence-corrected chi connectivity index (χ0v) is 12.5. The van der Waals surface area contributed by atoms with Gasteiger partial charge in [0.15, 0.2) is 0 Å². The van der Waals surface area contributed by atoms with E-state index in [0.717, 1.165) is 32.1 Å². The Morgan fingerprint density at radius 2 is 2.05 bits per heavy atom. The van der Waals surface area contributed by atoms with Crippen LogP contribution in [0.4, 0.5) is 0 Å². The maximum Gasteiger partial charge on any atom is 0.0908 e. The lowest BCUT2D eigenvalue weighted by atomic mass is 9.51. The SMILES string of the molecule is C=C1CC[C@H](O)[C@](C)(OC)CC[C@@H]2[C@@H]1C[C@@]2(C)CO. The van der Waals surface area contributed by atoms with Gasteiger partial charge in [-0.15, -0.1) is 0 Å². The fourth-order valence-electron chi connectivity index (χ4n) is 3.94. The van der Waals surface area contributed by atoms with E-state index < -0.39 is 11.7 Å². The van der Waals surface area contributed by atoms with E-state index in [1.54, 1.807) is 7.11 Å². The van der Waals surface area contributed by atoms with Crippen LogP contribution in [0.3, 0.4) is 0 Å². The van der Waals surface area contributed by atoms with Gasteiger partial charge < -0.3 is 14.9 Å². The molecular formula is C16H28O3. The normalized spacial score (nSPS) is 47.6. The fraction of sp³-hybridized carbons (Fsp3) is 0.875. The fourth-order valence-corrected chi connectivity index (χ4v) is 3.94. The van der Waals surface area contributed by atoms with Gasteiger partial charge in [-0.05, 0) is 56.3 Å². The number of aliphatic hydroxyl groups is 2. The van der Waals surface area contributed by atoms with Gasteiger partial charge in [0.25, 0.3) is 0 Å². The summed E-state index contributed by atoms with van der Waals surface area (Å²) in [6.07, 6.45) is 4.02. The first-order valence-corrected chi connectivity index (χ1v) is 7.38. The average Bonchev–Trinajstić information content (AvgIpc) is 2.43. The molecule has 0 amide bonds. The lowest BCUT2D eigenvalue weighted by Crippen LogP contribution is -2.49. The molecule has 0 bridgehead atoms. The van der Waals surface area contributed by atoms with Crippen LogP contribution in [0, 0.1) is 17.3 Å². The second-order valence-electron chi connectivity index (χ2n) is 7.00. The summed E-state index contributed by atoms with van der Waals surface area (Å²) in [4.78, 5) is 0.